The fourth-order valence-corrected chi connectivity index (χ4v) is 1.54. The molecule has 1 rings (SSSR count). The van der Waals surface area contributed by atoms with Gasteiger partial charge in [0.1, 0.15) is 0 Å². The highest BCUT2D eigenvalue weighted by molar-refractivity contribution is 5.22. The van der Waals surface area contributed by atoms with Crippen LogP contribution in [0.2, 0.25) is 0 Å². The minimum absolute atomic E-state index is 0.245. The van der Waals surface area contributed by atoms with E-state index in [1.165, 1.54) is 11.1 Å². The monoisotopic (exact) mass is 221 g/mol. The predicted octanol–water partition coefficient (Wildman–Crippen LogP) is 2.76. The summed E-state index contributed by atoms with van der Waals surface area (Å²) in [5.41, 5.74) is 2.72. The first-order valence-corrected chi connectivity index (χ1v) is 6.01. The fourth-order valence-electron chi connectivity index (χ4n) is 1.54. The van der Waals surface area contributed by atoms with Gasteiger partial charge in [-0.2, -0.15) is 0 Å². The van der Waals surface area contributed by atoms with Gasteiger partial charge in [-0.1, -0.05) is 31.2 Å². The van der Waals surface area contributed by atoms with E-state index in [2.05, 4.69) is 50.4 Å². The second kappa shape index (κ2) is 6.66. The second-order valence-electron chi connectivity index (χ2n) is 4.28. The largest absolute Gasteiger partial charge is 0.380 e. The number of nitrogens with one attached hydrogen (secondary N) is 1. The fraction of sp³-hybridized carbons (Fsp3) is 0.571. The van der Waals surface area contributed by atoms with Crippen LogP contribution in [0.5, 0.6) is 0 Å². The van der Waals surface area contributed by atoms with Crippen LogP contribution in [0.4, 0.5) is 0 Å². The summed E-state index contributed by atoms with van der Waals surface area (Å²) in [5.74, 6) is 0. The molecule has 0 fully saturated rings. The lowest BCUT2D eigenvalue weighted by molar-refractivity contribution is 0.0882. The molecule has 90 valence electrons. The van der Waals surface area contributed by atoms with E-state index >= 15 is 0 Å². The molecule has 2 unspecified atom stereocenters. The van der Waals surface area contributed by atoms with Gasteiger partial charge < -0.3 is 10.1 Å². The molecule has 0 aromatic heterocycles. The van der Waals surface area contributed by atoms with E-state index in [0.717, 1.165) is 13.0 Å². The van der Waals surface area contributed by atoms with Gasteiger partial charge in [-0.05, 0) is 31.4 Å². The smallest absolute Gasteiger partial charge is 0.0693 e. The van der Waals surface area contributed by atoms with Crippen molar-refractivity contribution >= 4 is 0 Å². The van der Waals surface area contributed by atoms with Crippen molar-refractivity contribution in [3.05, 3.63) is 35.4 Å². The Bertz CT molecular complexity index is 294. The third-order valence-corrected chi connectivity index (χ3v) is 3.14. The topological polar surface area (TPSA) is 21.3 Å². The number of hydrogen-bond acceptors (Lipinski definition) is 2. The van der Waals surface area contributed by atoms with Gasteiger partial charge in [-0.3, -0.25) is 0 Å². The SMILES string of the molecule is CCc1ccc(CNC(C)C(C)OC)cc1. The molecule has 0 aliphatic carbocycles. The maximum atomic E-state index is 5.27. The van der Waals surface area contributed by atoms with E-state index in [-0.39, 0.29) is 6.10 Å². The Balaban J connectivity index is 2.42. The molecular formula is C14H23NO. The van der Waals surface area contributed by atoms with Crippen LogP contribution in [0.3, 0.4) is 0 Å². The summed E-state index contributed by atoms with van der Waals surface area (Å²) in [6, 6.07) is 9.14. The molecule has 0 bridgehead atoms. The molecule has 1 aromatic carbocycles. The van der Waals surface area contributed by atoms with Crippen LogP contribution in [-0.2, 0) is 17.7 Å². The first kappa shape index (κ1) is 13.2. The molecule has 0 saturated carbocycles. The van der Waals surface area contributed by atoms with E-state index in [1.54, 1.807) is 7.11 Å². The second-order valence-corrected chi connectivity index (χ2v) is 4.28. The maximum absolute atomic E-state index is 5.27. The Morgan fingerprint density at radius 1 is 1.12 bits per heavy atom. The Kier molecular flexibility index (Phi) is 5.50. The van der Waals surface area contributed by atoms with Crippen molar-refractivity contribution in [2.45, 2.75) is 45.9 Å². The molecule has 0 heterocycles. The Hall–Kier alpha value is -0.860. The zero-order chi connectivity index (χ0) is 12.0. The average molecular weight is 221 g/mol. The van der Waals surface area contributed by atoms with E-state index in [9.17, 15) is 0 Å². The van der Waals surface area contributed by atoms with Gasteiger partial charge in [0.05, 0.1) is 6.10 Å². The Labute approximate surface area is 99.0 Å². The van der Waals surface area contributed by atoms with Gasteiger partial charge in [0.2, 0.25) is 0 Å². The first-order valence-electron chi connectivity index (χ1n) is 6.01. The van der Waals surface area contributed by atoms with Crippen LogP contribution in [-0.4, -0.2) is 19.3 Å². The molecule has 0 aliphatic rings. The molecule has 0 amide bonds. The van der Waals surface area contributed by atoms with Gasteiger partial charge in [0.15, 0.2) is 0 Å². The molecule has 0 spiro atoms. The van der Waals surface area contributed by atoms with Crippen molar-refractivity contribution in [3.8, 4) is 0 Å². The van der Waals surface area contributed by atoms with Crippen LogP contribution in [0, 0.1) is 0 Å². The molecule has 1 aromatic rings. The molecule has 2 nitrogen and oxygen atoms in total. The minimum Gasteiger partial charge on any atom is -0.380 e. The van der Waals surface area contributed by atoms with Gasteiger partial charge in [0, 0.05) is 19.7 Å². The minimum atomic E-state index is 0.245. The Morgan fingerprint density at radius 2 is 1.69 bits per heavy atom. The average Bonchev–Trinajstić information content (AvgIpc) is 2.35. The lowest BCUT2D eigenvalue weighted by Crippen LogP contribution is -2.36. The standard InChI is InChI=1S/C14H23NO/c1-5-13-6-8-14(9-7-13)10-15-11(2)12(3)16-4/h6-9,11-12,15H,5,10H2,1-4H3. The molecule has 0 saturated heterocycles. The van der Waals surface area contributed by atoms with Gasteiger partial charge in [0.25, 0.3) is 0 Å². The lowest BCUT2D eigenvalue weighted by Gasteiger charge is -2.20. The first-order chi connectivity index (χ1) is 7.67. The maximum Gasteiger partial charge on any atom is 0.0693 e. The van der Waals surface area contributed by atoms with E-state index in [4.69, 9.17) is 4.74 Å². The predicted molar refractivity (Wildman–Crippen MR) is 68.6 cm³/mol. The summed E-state index contributed by atoms with van der Waals surface area (Å²) in [5, 5.41) is 3.46. The zero-order valence-electron chi connectivity index (χ0n) is 10.8. The quantitative estimate of drug-likeness (QED) is 0.797. The highest BCUT2D eigenvalue weighted by Gasteiger charge is 2.09. The summed E-state index contributed by atoms with van der Waals surface area (Å²) >= 11 is 0. The normalized spacial score (nSPS) is 14.8. The number of rotatable bonds is 6. The zero-order valence-corrected chi connectivity index (χ0v) is 10.8. The van der Waals surface area contributed by atoms with Crippen molar-refractivity contribution in [1.29, 1.82) is 0 Å². The summed E-state index contributed by atoms with van der Waals surface area (Å²) in [6.07, 6.45) is 1.35. The summed E-state index contributed by atoms with van der Waals surface area (Å²) in [6.45, 7) is 7.31. The molecule has 1 N–H and O–H groups in total. The van der Waals surface area contributed by atoms with Crippen molar-refractivity contribution in [1.82, 2.24) is 5.32 Å². The van der Waals surface area contributed by atoms with Gasteiger partial charge in [-0.25, -0.2) is 0 Å². The lowest BCUT2D eigenvalue weighted by atomic mass is 10.1. The van der Waals surface area contributed by atoms with Crippen molar-refractivity contribution in [3.63, 3.8) is 0 Å². The molecule has 0 radical (unpaired) electrons. The number of ether oxygens (including phenoxy) is 1. The Morgan fingerprint density at radius 3 is 2.19 bits per heavy atom. The molecule has 0 aliphatic heterocycles. The summed E-state index contributed by atoms with van der Waals surface area (Å²) in [7, 11) is 1.75. The number of benzene rings is 1. The molecule has 16 heavy (non-hydrogen) atoms. The number of hydrogen-bond donors (Lipinski definition) is 1. The van der Waals surface area contributed by atoms with E-state index < -0.39 is 0 Å². The summed E-state index contributed by atoms with van der Waals surface area (Å²) < 4.78 is 5.27. The number of methoxy groups -OCH3 is 1. The molecule has 2 atom stereocenters. The van der Waals surface area contributed by atoms with Crippen molar-refractivity contribution in [2.24, 2.45) is 0 Å². The van der Waals surface area contributed by atoms with Crippen molar-refractivity contribution < 1.29 is 4.74 Å². The highest BCUT2D eigenvalue weighted by Crippen LogP contribution is 2.06. The van der Waals surface area contributed by atoms with Crippen molar-refractivity contribution in [2.75, 3.05) is 7.11 Å². The molecular weight excluding hydrogens is 198 g/mol. The van der Waals surface area contributed by atoms with Crippen LogP contribution < -0.4 is 5.32 Å². The highest BCUT2D eigenvalue weighted by atomic mass is 16.5. The third-order valence-electron chi connectivity index (χ3n) is 3.14. The van der Waals surface area contributed by atoms with Crippen LogP contribution in [0.15, 0.2) is 24.3 Å². The van der Waals surface area contributed by atoms with Crippen LogP contribution in [0.25, 0.3) is 0 Å². The van der Waals surface area contributed by atoms with Gasteiger partial charge >= 0.3 is 0 Å². The number of aryl methyl sites for hydroxylation is 1. The summed E-state index contributed by atoms with van der Waals surface area (Å²) in [4.78, 5) is 0. The van der Waals surface area contributed by atoms with Crippen LogP contribution >= 0.6 is 0 Å². The third kappa shape index (κ3) is 3.95. The molecule has 2 heteroatoms. The van der Waals surface area contributed by atoms with E-state index in [1.807, 2.05) is 0 Å². The van der Waals surface area contributed by atoms with E-state index in [0.29, 0.717) is 6.04 Å². The van der Waals surface area contributed by atoms with Crippen LogP contribution in [0.1, 0.15) is 31.9 Å². The van der Waals surface area contributed by atoms with Gasteiger partial charge in [-0.15, -0.1) is 0 Å².